The van der Waals surface area contributed by atoms with Gasteiger partial charge in [-0.1, -0.05) is 50.6 Å². The highest BCUT2D eigenvalue weighted by molar-refractivity contribution is 7.91. The second-order valence-electron chi connectivity index (χ2n) is 12.4. The van der Waals surface area contributed by atoms with E-state index in [1.807, 2.05) is 37.3 Å². The van der Waals surface area contributed by atoms with Gasteiger partial charge in [-0.3, -0.25) is 5.32 Å². The molecule has 0 spiro atoms. The molecule has 0 bridgehead atoms. The van der Waals surface area contributed by atoms with Crippen molar-refractivity contribution in [2.45, 2.75) is 63.2 Å². The Balaban J connectivity index is 1.38. The second-order valence-corrected chi connectivity index (χ2v) is 14.4. The smallest absolute Gasteiger partial charge is 0.324 e. The lowest BCUT2D eigenvalue weighted by molar-refractivity contribution is 0.262. The lowest BCUT2D eigenvalue weighted by Crippen LogP contribution is -2.33. The summed E-state index contributed by atoms with van der Waals surface area (Å²) in [4.78, 5) is 17.5. The third kappa shape index (κ3) is 6.67. The van der Waals surface area contributed by atoms with Crippen LogP contribution in [0.4, 0.5) is 16.3 Å². The lowest BCUT2D eigenvalue weighted by Gasteiger charge is -2.30. The Morgan fingerprint density at radius 3 is 2.23 bits per heavy atom. The number of amides is 2. The molecule has 0 radical (unpaired) electrons. The molecule has 1 aliphatic heterocycles. The van der Waals surface area contributed by atoms with E-state index >= 15 is 0 Å². The number of sulfone groups is 1. The summed E-state index contributed by atoms with van der Waals surface area (Å²) in [6, 6.07) is 16.5. The molecule has 3 heterocycles. The summed E-state index contributed by atoms with van der Waals surface area (Å²) in [6.45, 7) is 11.6. The van der Waals surface area contributed by atoms with Gasteiger partial charge in [-0.05, 0) is 75.5 Å². The number of aryl methyl sites for hydroxylation is 3. The molecular formula is C32H41N7O3S. The third-order valence-electron chi connectivity index (χ3n) is 8.02. The Morgan fingerprint density at radius 1 is 1.00 bits per heavy atom. The van der Waals surface area contributed by atoms with E-state index in [2.05, 4.69) is 41.7 Å². The number of imidazole rings is 1. The van der Waals surface area contributed by atoms with Crippen LogP contribution in [0, 0.1) is 19.8 Å². The summed E-state index contributed by atoms with van der Waals surface area (Å²) in [7, 11) is -1.95. The summed E-state index contributed by atoms with van der Waals surface area (Å²) in [5, 5.41) is 13.3. The minimum absolute atomic E-state index is 0.0465. The summed E-state index contributed by atoms with van der Waals surface area (Å²) in [5.41, 5.74) is 3.85. The molecule has 2 amide bonds. The molecule has 2 aromatic heterocycles. The molecular weight excluding hydrogens is 562 g/mol. The van der Waals surface area contributed by atoms with Crippen molar-refractivity contribution < 1.29 is 13.2 Å². The van der Waals surface area contributed by atoms with E-state index in [0.717, 1.165) is 42.9 Å². The van der Waals surface area contributed by atoms with Gasteiger partial charge in [0.1, 0.15) is 11.6 Å². The molecule has 5 rings (SSSR count). The van der Waals surface area contributed by atoms with Crippen LogP contribution in [0.3, 0.4) is 0 Å². The number of carbonyl (C=O) groups is 1. The molecule has 1 fully saturated rings. The van der Waals surface area contributed by atoms with Gasteiger partial charge in [0.2, 0.25) is 9.84 Å². The van der Waals surface area contributed by atoms with Gasteiger partial charge >= 0.3 is 6.03 Å². The third-order valence-corrected chi connectivity index (χ3v) is 10.1. The number of benzene rings is 2. The van der Waals surface area contributed by atoms with Crippen LogP contribution in [0.5, 0.6) is 0 Å². The van der Waals surface area contributed by atoms with Gasteiger partial charge < -0.3 is 15.2 Å². The van der Waals surface area contributed by atoms with Crippen molar-refractivity contribution in [3.8, 4) is 5.69 Å². The molecule has 1 unspecified atom stereocenters. The van der Waals surface area contributed by atoms with E-state index in [1.54, 1.807) is 53.7 Å². The molecule has 11 heteroatoms. The Hall–Kier alpha value is -3.96. The van der Waals surface area contributed by atoms with E-state index in [4.69, 9.17) is 5.10 Å². The summed E-state index contributed by atoms with van der Waals surface area (Å²) in [5.74, 6) is 1.15. The Morgan fingerprint density at radius 2 is 1.65 bits per heavy atom. The van der Waals surface area contributed by atoms with Crippen molar-refractivity contribution in [1.29, 1.82) is 0 Å². The van der Waals surface area contributed by atoms with E-state index in [0.29, 0.717) is 22.9 Å². The van der Waals surface area contributed by atoms with Crippen LogP contribution in [-0.4, -0.2) is 46.9 Å². The number of hydrogen-bond donors (Lipinski definition) is 3. The van der Waals surface area contributed by atoms with Gasteiger partial charge in [-0.25, -0.2) is 22.9 Å². The first-order valence-electron chi connectivity index (χ1n) is 14.6. The number of rotatable bonds is 7. The van der Waals surface area contributed by atoms with Crippen molar-refractivity contribution in [3.63, 3.8) is 0 Å². The van der Waals surface area contributed by atoms with Gasteiger partial charge in [0, 0.05) is 30.4 Å². The van der Waals surface area contributed by atoms with Crippen molar-refractivity contribution in [3.05, 3.63) is 83.4 Å². The number of nitrogens with zero attached hydrogens (tertiary/aromatic N) is 4. The zero-order chi connectivity index (χ0) is 30.9. The fraction of sp³-hybridized carbons (Fsp3) is 0.406. The summed E-state index contributed by atoms with van der Waals surface area (Å²) in [6.07, 6.45) is 3.10. The molecule has 228 valence electrons. The molecule has 0 saturated carbocycles. The second kappa shape index (κ2) is 12.0. The zero-order valence-electron chi connectivity index (χ0n) is 25.7. The van der Waals surface area contributed by atoms with Gasteiger partial charge in [0.25, 0.3) is 0 Å². The van der Waals surface area contributed by atoms with Crippen LogP contribution in [-0.2, 0) is 22.3 Å². The number of hydrogen-bond acceptors (Lipinski definition) is 6. The number of anilines is 2. The van der Waals surface area contributed by atoms with Crippen LogP contribution in [0.15, 0.2) is 65.8 Å². The van der Waals surface area contributed by atoms with Crippen molar-refractivity contribution in [1.82, 2.24) is 24.6 Å². The van der Waals surface area contributed by atoms with Crippen LogP contribution in [0.25, 0.3) is 5.69 Å². The quantitative estimate of drug-likeness (QED) is 0.250. The predicted octanol–water partition coefficient (Wildman–Crippen LogP) is 5.68. The normalized spacial score (nSPS) is 15.3. The van der Waals surface area contributed by atoms with Gasteiger partial charge in [-0.2, -0.15) is 5.10 Å². The average molecular weight is 604 g/mol. The van der Waals surface area contributed by atoms with E-state index < -0.39 is 21.1 Å². The van der Waals surface area contributed by atoms with Gasteiger partial charge in [0.05, 0.1) is 16.6 Å². The Kier molecular flexibility index (Phi) is 8.49. The maximum absolute atomic E-state index is 13.9. The van der Waals surface area contributed by atoms with Crippen LogP contribution in [0.1, 0.15) is 61.5 Å². The number of piperidine rings is 1. The average Bonchev–Trinajstić information content (AvgIpc) is 3.54. The molecule has 1 aliphatic rings. The molecule has 1 atom stereocenters. The molecule has 1 saturated heterocycles. The highest BCUT2D eigenvalue weighted by Crippen LogP contribution is 2.39. The van der Waals surface area contributed by atoms with Crippen LogP contribution >= 0.6 is 0 Å². The van der Waals surface area contributed by atoms with E-state index in [-0.39, 0.29) is 16.4 Å². The summed E-state index contributed by atoms with van der Waals surface area (Å²) >= 11 is 0. The maximum atomic E-state index is 13.9. The first kappa shape index (κ1) is 30.5. The first-order chi connectivity index (χ1) is 20.3. The number of urea groups is 1. The lowest BCUT2D eigenvalue weighted by atomic mass is 9.90. The zero-order valence-corrected chi connectivity index (χ0v) is 26.5. The fourth-order valence-corrected chi connectivity index (χ4v) is 7.52. The molecule has 0 aliphatic carbocycles. The standard InChI is InChI=1S/C32H41N7O3S/c1-21-7-13-26(14-8-21)39-28(19-27(37-39)32(3,4)5)36-31(40)35-25-11-9-23(10-12-25)30(24-15-17-33-18-16-24)43(41,42)29-20-38(6)22(2)34-29/h7-14,19-20,24,30,33H,15-18H2,1-6H3,(H2,35,36,40). The van der Waals surface area contributed by atoms with Gasteiger partial charge in [-0.15, -0.1) is 0 Å². The van der Waals surface area contributed by atoms with E-state index in [9.17, 15) is 13.2 Å². The van der Waals surface area contributed by atoms with Crippen molar-refractivity contribution in [2.75, 3.05) is 23.7 Å². The molecule has 10 nitrogen and oxygen atoms in total. The number of nitrogens with one attached hydrogen (secondary N) is 3. The summed E-state index contributed by atoms with van der Waals surface area (Å²) < 4.78 is 31.3. The molecule has 4 aromatic rings. The van der Waals surface area contributed by atoms with Gasteiger partial charge in [0.15, 0.2) is 5.03 Å². The van der Waals surface area contributed by atoms with Crippen molar-refractivity contribution in [2.24, 2.45) is 13.0 Å². The molecule has 2 aromatic carbocycles. The minimum Gasteiger partial charge on any atom is -0.337 e. The molecule has 43 heavy (non-hydrogen) atoms. The SMILES string of the molecule is Cc1ccc(-n2nc(C(C)(C)C)cc2NC(=O)Nc2ccc(C(C3CCNCC3)S(=O)(=O)c3cn(C)c(C)n3)cc2)cc1. The maximum Gasteiger partial charge on any atom is 0.324 e. The van der Waals surface area contributed by atoms with E-state index in [1.165, 1.54) is 0 Å². The number of aromatic nitrogens is 4. The topological polar surface area (TPSA) is 123 Å². The minimum atomic E-state index is -3.74. The first-order valence-corrected chi connectivity index (χ1v) is 16.2. The Labute approximate surface area is 253 Å². The van der Waals surface area contributed by atoms with Crippen LogP contribution in [0.2, 0.25) is 0 Å². The molecule has 3 N–H and O–H groups in total. The highest BCUT2D eigenvalue weighted by Gasteiger charge is 2.38. The van der Waals surface area contributed by atoms with Crippen LogP contribution < -0.4 is 16.0 Å². The Bertz CT molecular complexity index is 1670. The largest absolute Gasteiger partial charge is 0.337 e. The highest BCUT2D eigenvalue weighted by atomic mass is 32.2. The fourth-order valence-electron chi connectivity index (χ4n) is 5.40. The van der Waals surface area contributed by atoms with Crippen molar-refractivity contribution >= 4 is 27.4 Å². The predicted molar refractivity (Wildman–Crippen MR) is 170 cm³/mol. The monoisotopic (exact) mass is 603 g/mol. The number of carbonyl (C=O) groups excluding carboxylic acids is 1.